The van der Waals surface area contributed by atoms with E-state index in [-0.39, 0.29) is 17.4 Å². The zero-order valence-electron chi connectivity index (χ0n) is 12.3. The Morgan fingerprint density at radius 1 is 1.18 bits per heavy atom. The molecule has 0 atom stereocenters. The summed E-state index contributed by atoms with van der Waals surface area (Å²) in [6, 6.07) is 6.52. The molecule has 2 N–H and O–H groups in total. The highest BCUT2D eigenvalue weighted by atomic mass is 16.3. The molecule has 0 saturated heterocycles. The maximum Gasteiger partial charge on any atom is 0.291 e. The maximum absolute atomic E-state index is 12.2. The van der Waals surface area contributed by atoms with Gasteiger partial charge in [-0.2, -0.15) is 0 Å². The van der Waals surface area contributed by atoms with Gasteiger partial charge in [-0.25, -0.2) is 0 Å². The third-order valence-electron chi connectivity index (χ3n) is 2.88. The van der Waals surface area contributed by atoms with Gasteiger partial charge in [0.25, 0.3) is 11.8 Å². The molecule has 116 valence electrons. The highest BCUT2D eigenvalue weighted by molar-refractivity contribution is 6.04. The molecule has 6 nitrogen and oxygen atoms in total. The van der Waals surface area contributed by atoms with E-state index in [1.54, 1.807) is 18.2 Å². The Hall–Kier alpha value is -2.76. The molecule has 0 bridgehead atoms. The van der Waals surface area contributed by atoms with Gasteiger partial charge in [0.1, 0.15) is 11.5 Å². The van der Waals surface area contributed by atoms with Gasteiger partial charge in [0.05, 0.1) is 12.5 Å². The number of hydrogen-bond acceptors (Lipinski definition) is 4. The SMILES string of the molecule is CCCCNC(=O)C(=Cc1ccco1)NC(=O)c1ccco1. The first-order valence-corrected chi connectivity index (χ1v) is 7.09. The highest BCUT2D eigenvalue weighted by Crippen LogP contribution is 2.08. The minimum Gasteiger partial charge on any atom is -0.465 e. The first kappa shape index (κ1) is 15.6. The molecule has 0 unspecified atom stereocenters. The Labute approximate surface area is 128 Å². The number of hydrogen-bond donors (Lipinski definition) is 2. The largest absolute Gasteiger partial charge is 0.465 e. The molecule has 0 aromatic carbocycles. The van der Waals surface area contributed by atoms with Crippen molar-refractivity contribution in [3.05, 3.63) is 54.0 Å². The first-order valence-electron chi connectivity index (χ1n) is 7.09. The van der Waals surface area contributed by atoms with Gasteiger partial charge in [-0.3, -0.25) is 9.59 Å². The lowest BCUT2D eigenvalue weighted by Gasteiger charge is -2.09. The number of rotatable bonds is 7. The van der Waals surface area contributed by atoms with Crippen LogP contribution in [-0.4, -0.2) is 18.4 Å². The molecule has 2 aromatic heterocycles. The Morgan fingerprint density at radius 2 is 1.95 bits per heavy atom. The molecule has 2 rings (SSSR count). The van der Waals surface area contributed by atoms with E-state index in [0.717, 1.165) is 12.8 Å². The summed E-state index contributed by atoms with van der Waals surface area (Å²) in [6.07, 6.45) is 6.20. The van der Waals surface area contributed by atoms with Crippen LogP contribution in [-0.2, 0) is 4.79 Å². The normalized spacial score (nSPS) is 11.2. The summed E-state index contributed by atoms with van der Waals surface area (Å²) in [7, 11) is 0. The van der Waals surface area contributed by atoms with Gasteiger partial charge in [-0.1, -0.05) is 13.3 Å². The molecule has 22 heavy (non-hydrogen) atoms. The average molecular weight is 302 g/mol. The first-order chi connectivity index (χ1) is 10.7. The Balaban J connectivity index is 2.11. The lowest BCUT2D eigenvalue weighted by molar-refractivity contribution is -0.117. The van der Waals surface area contributed by atoms with E-state index in [9.17, 15) is 9.59 Å². The van der Waals surface area contributed by atoms with E-state index < -0.39 is 5.91 Å². The number of carbonyl (C=O) groups excluding carboxylic acids is 2. The fourth-order valence-corrected chi connectivity index (χ4v) is 1.74. The van der Waals surface area contributed by atoms with Crippen LogP contribution in [0.15, 0.2) is 51.3 Å². The van der Waals surface area contributed by atoms with Gasteiger partial charge in [-0.05, 0) is 30.7 Å². The summed E-state index contributed by atoms with van der Waals surface area (Å²) >= 11 is 0. The van der Waals surface area contributed by atoms with Crippen molar-refractivity contribution in [3.63, 3.8) is 0 Å². The molecule has 2 heterocycles. The van der Waals surface area contributed by atoms with E-state index in [4.69, 9.17) is 8.83 Å². The quantitative estimate of drug-likeness (QED) is 0.608. The smallest absolute Gasteiger partial charge is 0.291 e. The molecule has 2 aromatic rings. The molecule has 0 fully saturated rings. The van der Waals surface area contributed by atoms with Crippen molar-refractivity contribution in [2.24, 2.45) is 0 Å². The van der Waals surface area contributed by atoms with Gasteiger partial charge in [0.15, 0.2) is 5.76 Å². The minimum atomic E-state index is -0.492. The summed E-state index contributed by atoms with van der Waals surface area (Å²) in [5.41, 5.74) is 0.104. The maximum atomic E-state index is 12.2. The molecule has 0 saturated carbocycles. The van der Waals surface area contributed by atoms with Crippen LogP contribution in [0.3, 0.4) is 0 Å². The standard InChI is InChI=1S/C16H18N2O4/c1-2-3-8-17-15(19)13(11-12-6-4-9-21-12)18-16(20)14-7-5-10-22-14/h4-7,9-11H,2-3,8H2,1H3,(H,17,19)(H,18,20). The van der Waals surface area contributed by atoms with Crippen LogP contribution < -0.4 is 10.6 Å². The van der Waals surface area contributed by atoms with Crippen LogP contribution in [0.1, 0.15) is 36.1 Å². The molecule has 0 aliphatic carbocycles. The van der Waals surface area contributed by atoms with Gasteiger partial charge in [0, 0.05) is 12.6 Å². The van der Waals surface area contributed by atoms with Gasteiger partial charge in [-0.15, -0.1) is 0 Å². The predicted molar refractivity (Wildman–Crippen MR) is 80.8 cm³/mol. The third kappa shape index (κ3) is 4.37. The number of nitrogens with one attached hydrogen (secondary N) is 2. The number of carbonyl (C=O) groups is 2. The van der Waals surface area contributed by atoms with E-state index in [1.807, 2.05) is 6.92 Å². The molecule has 0 aliphatic heterocycles. The lowest BCUT2D eigenvalue weighted by atomic mass is 10.2. The highest BCUT2D eigenvalue weighted by Gasteiger charge is 2.16. The summed E-state index contributed by atoms with van der Waals surface area (Å²) in [5.74, 6) is -0.259. The van der Waals surface area contributed by atoms with E-state index in [0.29, 0.717) is 12.3 Å². The lowest BCUT2D eigenvalue weighted by Crippen LogP contribution is -2.35. The zero-order chi connectivity index (χ0) is 15.8. The molecular weight excluding hydrogens is 284 g/mol. The Kier molecular flexibility index (Phi) is 5.59. The Bertz CT molecular complexity index is 627. The molecule has 0 spiro atoms. The molecule has 6 heteroatoms. The number of furan rings is 2. The predicted octanol–water partition coefficient (Wildman–Crippen LogP) is 2.56. The summed E-state index contributed by atoms with van der Waals surface area (Å²) in [4.78, 5) is 24.2. The van der Waals surface area contributed by atoms with Gasteiger partial charge in [0.2, 0.25) is 0 Å². The monoisotopic (exact) mass is 302 g/mol. The number of unbranched alkanes of at least 4 members (excludes halogenated alkanes) is 1. The van der Waals surface area contributed by atoms with Crippen molar-refractivity contribution in [2.45, 2.75) is 19.8 Å². The summed E-state index contributed by atoms with van der Waals surface area (Å²) < 4.78 is 10.2. The fourth-order valence-electron chi connectivity index (χ4n) is 1.74. The Morgan fingerprint density at radius 3 is 2.59 bits per heavy atom. The zero-order valence-corrected chi connectivity index (χ0v) is 12.3. The second-order valence-corrected chi connectivity index (χ2v) is 4.61. The second kappa shape index (κ2) is 7.87. The fraction of sp³-hybridized carbons (Fsp3) is 0.250. The topological polar surface area (TPSA) is 84.5 Å². The van der Waals surface area contributed by atoms with Crippen LogP contribution in [0.25, 0.3) is 6.08 Å². The average Bonchev–Trinajstić information content (AvgIpc) is 3.20. The van der Waals surface area contributed by atoms with Crippen molar-refractivity contribution in [2.75, 3.05) is 6.54 Å². The summed E-state index contributed by atoms with van der Waals surface area (Å²) in [5, 5.41) is 5.29. The van der Waals surface area contributed by atoms with E-state index in [2.05, 4.69) is 10.6 Å². The van der Waals surface area contributed by atoms with Crippen LogP contribution in [0.4, 0.5) is 0 Å². The van der Waals surface area contributed by atoms with Crippen molar-refractivity contribution < 1.29 is 18.4 Å². The van der Waals surface area contributed by atoms with Crippen molar-refractivity contribution in [1.29, 1.82) is 0 Å². The van der Waals surface area contributed by atoms with Crippen molar-refractivity contribution in [1.82, 2.24) is 10.6 Å². The molecular formula is C16H18N2O4. The third-order valence-corrected chi connectivity index (χ3v) is 2.88. The van der Waals surface area contributed by atoms with Crippen LogP contribution in [0.2, 0.25) is 0 Å². The van der Waals surface area contributed by atoms with E-state index >= 15 is 0 Å². The second-order valence-electron chi connectivity index (χ2n) is 4.61. The van der Waals surface area contributed by atoms with Crippen LogP contribution >= 0.6 is 0 Å². The van der Waals surface area contributed by atoms with Crippen LogP contribution in [0.5, 0.6) is 0 Å². The minimum absolute atomic E-state index is 0.104. The molecule has 2 amide bonds. The van der Waals surface area contributed by atoms with Gasteiger partial charge >= 0.3 is 0 Å². The number of amides is 2. The van der Waals surface area contributed by atoms with E-state index in [1.165, 1.54) is 24.7 Å². The molecule has 0 radical (unpaired) electrons. The van der Waals surface area contributed by atoms with Crippen molar-refractivity contribution in [3.8, 4) is 0 Å². The summed E-state index contributed by atoms with van der Waals surface area (Å²) in [6.45, 7) is 2.58. The molecule has 0 aliphatic rings. The van der Waals surface area contributed by atoms with Crippen LogP contribution in [0, 0.1) is 0 Å². The van der Waals surface area contributed by atoms with Gasteiger partial charge < -0.3 is 19.5 Å². The van der Waals surface area contributed by atoms with Crippen molar-refractivity contribution >= 4 is 17.9 Å².